The van der Waals surface area contributed by atoms with Crippen LogP contribution in [0.5, 0.6) is 5.75 Å². The third-order valence-corrected chi connectivity index (χ3v) is 4.73. The number of aromatic hydroxyl groups is 1. The van der Waals surface area contributed by atoms with Crippen LogP contribution in [0, 0.1) is 0 Å². The summed E-state index contributed by atoms with van der Waals surface area (Å²) in [5.74, 6) is 0.444. The smallest absolute Gasteiger partial charge is 0.118 e. The molecule has 1 N–H and O–H groups in total. The van der Waals surface area contributed by atoms with Gasteiger partial charge in [-0.05, 0) is 57.2 Å². The van der Waals surface area contributed by atoms with E-state index in [4.69, 9.17) is 0 Å². The molecule has 19 heavy (non-hydrogen) atoms. The van der Waals surface area contributed by atoms with Crippen LogP contribution < -0.4 is 0 Å². The lowest BCUT2D eigenvalue weighted by atomic mass is 9.80. The van der Waals surface area contributed by atoms with Crippen LogP contribution in [0.4, 0.5) is 0 Å². The number of nitrogens with zero attached hydrogens (tertiary/aromatic N) is 1. The van der Waals surface area contributed by atoms with E-state index in [9.17, 15) is 5.11 Å². The van der Waals surface area contributed by atoms with E-state index in [0.717, 1.165) is 18.5 Å². The van der Waals surface area contributed by atoms with Gasteiger partial charge in [-0.2, -0.15) is 0 Å². The van der Waals surface area contributed by atoms with E-state index in [1.165, 1.54) is 32.1 Å². The highest BCUT2D eigenvalue weighted by Crippen LogP contribution is 2.36. The van der Waals surface area contributed by atoms with Gasteiger partial charge in [-0.15, -0.1) is 0 Å². The molecule has 0 saturated heterocycles. The minimum atomic E-state index is 0.444. The van der Waals surface area contributed by atoms with E-state index in [-0.39, 0.29) is 0 Å². The van der Waals surface area contributed by atoms with Crippen molar-refractivity contribution in [2.45, 2.75) is 44.6 Å². The Bertz CT molecular complexity index is 492. The molecule has 0 saturated carbocycles. The molecule has 2 aliphatic rings. The topological polar surface area (TPSA) is 23.5 Å². The largest absolute Gasteiger partial charge is 0.508 e. The Kier molecular flexibility index (Phi) is 3.61. The molecular weight excluding hydrogens is 234 g/mol. The maximum Gasteiger partial charge on any atom is 0.118 e. The van der Waals surface area contributed by atoms with Crippen molar-refractivity contribution in [3.05, 3.63) is 41.0 Å². The molecule has 2 nitrogen and oxygen atoms in total. The van der Waals surface area contributed by atoms with Crippen LogP contribution in [0.25, 0.3) is 0 Å². The van der Waals surface area contributed by atoms with E-state index in [0.29, 0.717) is 11.8 Å². The summed E-state index contributed by atoms with van der Waals surface area (Å²) in [5.41, 5.74) is 4.46. The van der Waals surface area contributed by atoms with E-state index < -0.39 is 0 Å². The van der Waals surface area contributed by atoms with Crippen LogP contribution >= 0.6 is 0 Å². The normalized spacial score (nSPS) is 24.4. The van der Waals surface area contributed by atoms with Gasteiger partial charge in [0.1, 0.15) is 5.75 Å². The molecule has 1 heterocycles. The number of para-hydroxylation sites is 1. The number of benzene rings is 1. The van der Waals surface area contributed by atoms with Gasteiger partial charge in [-0.1, -0.05) is 29.3 Å². The molecule has 1 aromatic carbocycles. The van der Waals surface area contributed by atoms with Crippen LogP contribution in [0.2, 0.25) is 0 Å². The summed E-state index contributed by atoms with van der Waals surface area (Å²) in [6, 6.07) is 8.27. The number of likely N-dealkylation sites (N-methyl/N-ethyl adjacent to an activating group) is 1. The van der Waals surface area contributed by atoms with Crippen LogP contribution in [0.1, 0.15) is 37.7 Å². The van der Waals surface area contributed by atoms with Crippen molar-refractivity contribution in [2.24, 2.45) is 0 Å². The highest BCUT2D eigenvalue weighted by molar-refractivity contribution is 5.35. The van der Waals surface area contributed by atoms with E-state index in [1.54, 1.807) is 17.2 Å². The molecule has 0 amide bonds. The highest BCUT2D eigenvalue weighted by Gasteiger charge is 2.28. The molecule has 1 aliphatic heterocycles. The van der Waals surface area contributed by atoms with Crippen LogP contribution in [-0.4, -0.2) is 29.6 Å². The molecule has 1 atom stereocenters. The van der Waals surface area contributed by atoms with Crippen molar-refractivity contribution in [2.75, 3.05) is 13.6 Å². The summed E-state index contributed by atoms with van der Waals surface area (Å²) < 4.78 is 0. The van der Waals surface area contributed by atoms with Crippen molar-refractivity contribution in [3.63, 3.8) is 0 Å². The summed E-state index contributed by atoms with van der Waals surface area (Å²) in [5, 5.41) is 9.99. The van der Waals surface area contributed by atoms with Gasteiger partial charge in [-0.25, -0.2) is 0 Å². The van der Waals surface area contributed by atoms with Gasteiger partial charge < -0.3 is 5.11 Å². The predicted molar refractivity (Wildman–Crippen MR) is 78.3 cm³/mol. The van der Waals surface area contributed by atoms with Gasteiger partial charge in [0, 0.05) is 12.6 Å². The van der Waals surface area contributed by atoms with E-state index in [2.05, 4.69) is 18.0 Å². The van der Waals surface area contributed by atoms with Crippen molar-refractivity contribution in [3.8, 4) is 5.75 Å². The Morgan fingerprint density at radius 3 is 2.79 bits per heavy atom. The minimum absolute atomic E-state index is 0.444. The molecule has 0 aromatic heterocycles. The lowest BCUT2D eigenvalue weighted by Crippen LogP contribution is -2.40. The Labute approximate surface area is 115 Å². The van der Waals surface area contributed by atoms with Crippen molar-refractivity contribution < 1.29 is 5.11 Å². The Morgan fingerprint density at radius 2 is 1.95 bits per heavy atom. The van der Waals surface area contributed by atoms with Crippen molar-refractivity contribution in [1.29, 1.82) is 0 Å². The molecule has 1 aromatic rings. The third kappa shape index (κ3) is 2.55. The average Bonchev–Trinajstić information content (AvgIpc) is 2.44. The number of hydrogen-bond donors (Lipinski definition) is 1. The number of hydrogen-bond acceptors (Lipinski definition) is 2. The maximum absolute atomic E-state index is 9.99. The molecule has 2 heteroatoms. The molecule has 0 bridgehead atoms. The number of phenolic OH excluding ortho intramolecular Hbond substituents is 1. The fourth-order valence-electron chi connectivity index (χ4n) is 3.58. The standard InChI is InChI=1S/C17H23NO/c1-18-11-10-13-6-2-4-8-15(13)16(18)12-14-7-3-5-9-17(14)19/h3,5,7,9,16,19H,2,4,6,8,10-12H2,1H3. The zero-order valence-electron chi connectivity index (χ0n) is 11.7. The second-order valence-electron chi connectivity index (χ2n) is 5.92. The maximum atomic E-state index is 9.99. The van der Waals surface area contributed by atoms with Gasteiger partial charge in [-0.3, -0.25) is 4.90 Å². The summed E-state index contributed by atoms with van der Waals surface area (Å²) in [7, 11) is 2.23. The first kappa shape index (κ1) is 12.7. The van der Waals surface area contributed by atoms with Gasteiger partial charge >= 0.3 is 0 Å². The lowest BCUT2D eigenvalue weighted by molar-refractivity contribution is 0.241. The molecule has 0 spiro atoms. The molecule has 0 fully saturated rings. The highest BCUT2D eigenvalue weighted by atomic mass is 16.3. The van der Waals surface area contributed by atoms with Gasteiger partial charge in [0.25, 0.3) is 0 Å². The van der Waals surface area contributed by atoms with Crippen molar-refractivity contribution >= 4 is 0 Å². The van der Waals surface area contributed by atoms with E-state index in [1.807, 2.05) is 12.1 Å². The number of phenols is 1. The second-order valence-corrected chi connectivity index (χ2v) is 5.92. The predicted octanol–water partition coefficient (Wildman–Crippen LogP) is 3.51. The van der Waals surface area contributed by atoms with Gasteiger partial charge in [0.2, 0.25) is 0 Å². The summed E-state index contributed by atoms with van der Waals surface area (Å²) >= 11 is 0. The van der Waals surface area contributed by atoms with Gasteiger partial charge in [0.05, 0.1) is 0 Å². The van der Waals surface area contributed by atoms with Crippen LogP contribution in [0.3, 0.4) is 0 Å². The first-order valence-corrected chi connectivity index (χ1v) is 7.43. The van der Waals surface area contributed by atoms with E-state index >= 15 is 0 Å². The molecular formula is C17H23NO. The summed E-state index contributed by atoms with van der Waals surface area (Å²) in [4.78, 5) is 2.47. The summed E-state index contributed by atoms with van der Waals surface area (Å²) in [6.45, 7) is 1.16. The van der Waals surface area contributed by atoms with Crippen LogP contribution in [-0.2, 0) is 6.42 Å². The SMILES string of the molecule is CN1CCC2=C(CCCC2)C1Cc1ccccc1O. The fraction of sp³-hybridized carbons (Fsp3) is 0.529. The third-order valence-electron chi connectivity index (χ3n) is 4.73. The molecule has 102 valence electrons. The monoisotopic (exact) mass is 257 g/mol. The quantitative estimate of drug-likeness (QED) is 0.820. The Morgan fingerprint density at radius 1 is 1.16 bits per heavy atom. The summed E-state index contributed by atoms with van der Waals surface area (Å²) in [6.07, 6.45) is 7.47. The minimum Gasteiger partial charge on any atom is -0.508 e. The van der Waals surface area contributed by atoms with Crippen molar-refractivity contribution in [1.82, 2.24) is 4.90 Å². The fourth-order valence-corrected chi connectivity index (χ4v) is 3.58. The van der Waals surface area contributed by atoms with Gasteiger partial charge in [0.15, 0.2) is 0 Å². The zero-order valence-corrected chi connectivity index (χ0v) is 11.7. The molecule has 1 unspecified atom stereocenters. The zero-order chi connectivity index (χ0) is 13.2. The molecule has 3 rings (SSSR count). The number of rotatable bonds is 2. The first-order chi connectivity index (χ1) is 9.25. The average molecular weight is 257 g/mol. The molecule has 1 aliphatic carbocycles. The molecule has 0 radical (unpaired) electrons. The van der Waals surface area contributed by atoms with Crippen LogP contribution in [0.15, 0.2) is 35.4 Å². The lowest BCUT2D eigenvalue weighted by Gasteiger charge is -2.39. The second kappa shape index (κ2) is 5.38. The first-order valence-electron chi connectivity index (χ1n) is 7.43. The Balaban J connectivity index is 1.87. The Hall–Kier alpha value is -1.28.